The molecule has 1 saturated heterocycles. The lowest BCUT2D eigenvalue weighted by atomic mass is 9.94. The minimum Gasteiger partial charge on any atom is -0.339 e. The Labute approximate surface area is 171 Å². The molecule has 0 spiro atoms. The van der Waals surface area contributed by atoms with Gasteiger partial charge in [-0.3, -0.25) is 4.79 Å². The standard InChI is InChI=1S/C22H28FN5O/c1-15-20-12-18(23)6-5-16(20)8-11-28(15)22-25-13-17(14-26-22)21(29)27(2)19-4-3-9-24-10-7-19/h5-6,12-15,19,24H,3-4,7-11H2,1-2H3. The Bertz CT molecular complexity index is 864. The van der Waals surface area contributed by atoms with Gasteiger partial charge in [0.25, 0.3) is 5.91 Å². The van der Waals surface area contributed by atoms with Crippen LogP contribution in [0.5, 0.6) is 0 Å². The van der Waals surface area contributed by atoms with Crippen molar-refractivity contribution in [2.45, 2.75) is 44.7 Å². The van der Waals surface area contributed by atoms with E-state index in [1.54, 1.807) is 18.5 Å². The highest BCUT2D eigenvalue weighted by Gasteiger charge is 2.27. The molecule has 1 aromatic carbocycles. The number of amides is 1. The summed E-state index contributed by atoms with van der Waals surface area (Å²) in [4.78, 5) is 25.7. The zero-order chi connectivity index (χ0) is 20.4. The van der Waals surface area contributed by atoms with Crippen LogP contribution in [0, 0.1) is 5.82 Å². The van der Waals surface area contributed by atoms with Gasteiger partial charge in [0.2, 0.25) is 5.95 Å². The number of hydrogen-bond acceptors (Lipinski definition) is 5. The van der Waals surface area contributed by atoms with Crippen LogP contribution in [0.15, 0.2) is 30.6 Å². The molecule has 3 heterocycles. The summed E-state index contributed by atoms with van der Waals surface area (Å²) in [5.41, 5.74) is 2.65. The molecule has 29 heavy (non-hydrogen) atoms. The Hall–Kier alpha value is -2.54. The van der Waals surface area contributed by atoms with Crippen molar-refractivity contribution in [1.29, 1.82) is 0 Å². The molecule has 2 aliphatic rings. The van der Waals surface area contributed by atoms with Gasteiger partial charge in [-0.15, -0.1) is 0 Å². The second-order valence-electron chi connectivity index (χ2n) is 7.99. The van der Waals surface area contributed by atoms with Crippen LogP contribution in [-0.4, -0.2) is 53.5 Å². The van der Waals surface area contributed by atoms with Gasteiger partial charge < -0.3 is 15.1 Å². The van der Waals surface area contributed by atoms with E-state index in [0.717, 1.165) is 50.9 Å². The summed E-state index contributed by atoms with van der Waals surface area (Å²) in [6.07, 6.45) is 7.10. The SMILES string of the molecule is CC1c2cc(F)ccc2CCN1c1ncc(C(=O)N(C)C2CCCNCC2)cn1. The van der Waals surface area contributed by atoms with Crippen LogP contribution in [0.4, 0.5) is 10.3 Å². The fourth-order valence-electron chi connectivity index (χ4n) is 4.40. The molecule has 2 unspecified atom stereocenters. The molecule has 1 fully saturated rings. The molecule has 2 aromatic rings. The van der Waals surface area contributed by atoms with E-state index in [2.05, 4.69) is 20.2 Å². The number of nitrogens with one attached hydrogen (secondary N) is 1. The largest absolute Gasteiger partial charge is 0.339 e. The van der Waals surface area contributed by atoms with E-state index in [1.807, 2.05) is 24.9 Å². The third kappa shape index (κ3) is 4.10. The minimum atomic E-state index is -0.226. The van der Waals surface area contributed by atoms with Gasteiger partial charge in [0.05, 0.1) is 11.6 Å². The predicted octanol–water partition coefficient (Wildman–Crippen LogP) is 2.95. The summed E-state index contributed by atoms with van der Waals surface area (Å²) < 4.78 is 13.7. The lowest BCUT2D eigenvalue weighted by molar-refractivity contribution is 0.0719. The van der Waals surface area contributed by atoms with E-state index < -0.39 is 0 Å². The molecular formula is C22H28FN5O. The molecular weight excluding hydrogens is 369 g/mol. The monoisotopic (exact) mass is 397 g/mol. The number of aromatic nitrogens is 2. The number of benzene rings is 1. The number of fused-ring (bicyclic) bond motifs is 1. The Morgan fingerprint density at radius 1 is 1.24 bits per heavy atom. The Kier molecular flexibility index (Phi) is 5.76. The summed E-state index contributed by atoms with van der Waals surface area (Å²) in [5.74, 6) is 0.309. The van der Waals surface area contributed by atoms with Crippen molar-refractivity contribution in [1.82, 2.24) is 20.2 Å². The maximum absolute atomic E-state index is 13.7. The Morgan fingerprint density at radius 3 is 2.83 bits per heavy atom. The molecule has 4 rings (SSSR count). The van der Waals surface area contributed by atoms with E-state index in [9.17, 15) is 9.18 Å². The van der Waals surface area contributed by atoms with Crippen molar-refractivity contribution >= 4 is 11.9 Å². The van der Waals surface area contributed by atoms with E-state index in [-0.39, 0.29) is 23.8 Å². The normalized spacial score (nSPS) is 22.0. The van der Waals surface area contributed by atoms with Gasteiger partial charge >= 0.3 is 0 Å². The topological polar surface area (TPSA) is 61.4 Å². The Morgan fingerprint density at radius 2 is 2.03 bits per heavy atom. The zero-order valence-corrected chi connectivity index (χ0v) is 17.1. The van der Waals surface area contributed by atoms with Gasteiger partial charge in [0.1, 0.15) is 5.82 Å². The fourth-order valence-corrected chi connectivity index (χ4v) is 4.40. The molecule has 1 amide bonds. The summed E-state index contributed by atoms with van der Waals surface area (Å²) in [5, 5.41) is 3.38. The molecule has 0 bridgehead atoms. The first-order valence-corrected chi connectivity index (χ1v) is 10.4. The summed E-state index contributed by atoms with van der Waals surface area (Å²) in [6, 6.07) is 5.20. The highest BCUT2D eigenvalue weighted by molar-refractivity contribution is 5.93. The van der Waals surface area contributed by atoms with E-state index in [1.165, 1.54) is 11.6 Å². The number of halogens is 1. The fraction of sp³-hybridized carbons (Fsp3) is 0.500. The molecule has 0 radical (unpaired) electrons. The van der Waals surface area contributed by atoms with Crippen molar-refractivity contribution in [3.8, 4) is 0 Å². The maximum atomic E-state index is 13.7. The lowest BCUT2D eigenvalue weighted by Crippen LogP contribution is -2.38. The van der Waals surface area contributed by atoms with Crippen LogP contribution in [-0.2, 0) is 6.42 Å². The minimum absolute atomic E-state index is 0.0165. The average molecular weight is 397 g/mol. The lowest BCUT2D eigenvalue weighted by Gasteiger charge is -2.35. The highest BCUT2D eigenvalue weighted by Crippen LogP contribution is 2.32. The number of carbonyl (C=O) groups is 1. The second kappa shape index (κ2) is 8.45. The second-order valence-corrected chi connectivity index (χ2v) is 7.99. The van der Waals surface area contributed by atoms with Crippen LogP contribution in [0.3, 0.4) is 0 Å². The van der Waals surface area contributed by atoms with Crippen molar-refractivity contribution in [3.63, 3.8) is 0 Å². The van der Waals surface area contributed by atoms with Crippen LogP contribution in [0.25, 0.3) is 0 Å². The van der Waals surface area contributed by atoms with Crippen LogP contribution in [0.2, 0.25) is 0 Å². The zero-order valence-electron chi connectivity index (χ0n) is 17.1. The van der Waals surface area contributed by atoms with E-state index >= 15 is 0 Å². The van der Waals surface area contributed by atoms with Gasteiger partial charge in [-0.2, -0.15) is 0 Å². The molecule has 154 valence electrons. The summed E-state index contributed by atoms with van der Waals surface area (Å²) >= 11 is 0. The van der Waals surface area contributed by atoms with Gasteiger partial charge in [-0.1, -0.05) is 6.07 Å². The Balaban J connectivity index is 1.48. The maximum Gasteiger partial charge on any atom is 0.256 e. The van der Waals surface area contributed by atoms with Gasteiger partial charge in [0, 0.05) is 32.0 Å². The summed E-state index contributed by atoms with van der Waals surface area (Å²) in [7, 11) is 1.87. The first kappa shape index (κ1) is 19.8. The molecule has 2 atom stereocenters. The molecule has 1 N–H and O–H groups in total. The predicted molar refractivity (Wildman–Crippen MR) is 110 cm³/mol. The highest BCUT2D eigenvalue weighted by atomic mass is 19.1. The third-order valence-corrected chi connectivity index (χ3v) is 6.20. The molecule has 1 aromatic heterocycles. The number of anilines is 1. The molecule has 7 heteroatoms. The van der Waals surface area contributed by atoms with Crippen LogP contribution < -0.4 is 10.2 Å². The molecule has 0 saturated carbocycles. The molecule has 2 aliphatic heterocycles. The van der Waals surface area contributed by atoms with Crippen molar-refractivity contribution in [2.75, 3.05) is 31.6 Å². The van der Waals surface area contributed by atoms with Crippen LogP contribution in [0.1, 0.15) is 53.7 Å². The number of hydrogen-bond donors (Lipinski definition) is 1. The van der Waals surface area contributed by atoms with E-state index in [0.29, 0.717) is 11.5 Å². The number of carbonyl (C=O) groups excluding carboxylic acids is 1. The first-order chi connectivity index (χ1) is 14.0. The third-order valence-electron chi connectivity index (χ3n) is 6.20. The van der Waals surface area contributed by atoms with E-state index in [4.69, 9.17) is 0 Å². The van der Waals surface area contributed by atoms with Crippen molar-refractivity contribution < 1.29 is 9.18 Å². The molecule has 6 nitrogen and oxygen atoms in total. The van der Waals surface area contributed by atoms with Gasteiger partial charge in [0.15, 0.2) is 0 Å². The quantitative estimate of drug-likeness (QED) is 0.863. The smallest absolute Gasteiger partial charge is 0.256 e. The van der Waals surface area contributed by atoms with Crippen molar-refractivity contribution in [2.24, 2.45) is 0 Å². The van der Waals surface area contributed by atoms with Gasteiger partial charge in [-0.05, 0) is 69.0 Å². The van der Waals surface area contributed by atoms with Crippen LogP contribution >= 0.6 is 0 Å². The molecule has 0 aliphatic carbocycles. The average Bonchev–Trinajstić information content (AvgIpc) is 3.03. The number of rotatable bonds is 3. The number of nitrogens with zero attached hydrogens (tertiary/aromatic N) is 4. The summed E-state index contributed by atoms with van der Waals surface area (Å²) in [6.45, 7) is 4.75. The van der Waals surface area contributed by atoms with Crippen molar-refractivity contribution in [3.05, 3.63) is 53.1 Å². The van der Waals surface area contributed by atoms with Gasteiger partial charge in [-0.25, -0.2) is 14.4 Å². The first-order valence-electron chi connectivity index (χ1n) is 10.4.